The number of carbonyl (C=O) groups excluding carboxylic acids is 1. The lowest BCUT2D eigenvalue weighted by molar-refractivity contribution is 0.187. The largest absolute Gasteiger partial charge is 0.497 e. The topological polar surface area (TPSA) is 84.9 Å². The molecule has 3 rings (SSSR count). The van der Waals surface area contributed by atoms with Crippen LogP contribution in [0.2, 0.25) is 0 Å². The highest BCUT2D eigenvalue weighted by Crippen LogP contribution is 2.22. The molecule has 0 aliphatic carbocycles. The molecule has 0 unspecified atom stereocenters. The van der Waals surface area contributed by atoms with Crippen LogP contribution in [0.1, 0.15) is 25.8 Å². The molecule has 1 N–H and O–H groups in total. The van der Waals surface area contributed by atoms with Crippen molar-refractivity contribution in [2.75, 3.05) is 12.4 Å². The number of rotatable bonds is 9. The minimum atomic E-state index is -4.09. The zero-order valence-corrected chi connectivity index (χ0v) is 20.0. The Morgan fingerprint density at radius 1 is 1.03 bits per heavy atom. The molecule has 3 aromatic rings. The van der Waals surface area contributed by atoms with Crippen molar-refractivity contribution < 1.29 is 26.5 Å². The van der Waals surface area contributed by atoms with Gasteiger partial charge in [0.1, 0.15) is 22.2 Å². The molecular formula is C25H27FN2O5S. The first-order valence-electron chi connectivity index (χ1n) is 10.7. The van der Waals surface area contributed by atoms with Crippen LogP contribution < -0.4 is 14.2 Å². The molecule has 0 heterocycles. The van der Waals surface area contributed by atoms with Crippen LogP contribution in [0.25, 0.3) is 0 Å². The van der Waals surface area contributed by atoms with Crippen molar-refractivity contribution in [1.29, 1.82) is 0 Å². The van der Waals surface area contributed by atoms with Crippen LogP contribution in [-0.4, -0.2) is 32.5 Å². The Morgan fingerprint density at radius 2 is 1.71 bits per heavy atom. The highest BCUT2D eigenvalue weighted by Gasteiger charge is 2.20. The van der Waals surface area contributed by atoms with Crippen LogP contribution in [0.4, 0.5) is 14.9 Å². The van der Waals surface area contributed by atoms with Crippen LogP contribution in [-0.2, 0) is 16.7 Å². The number of ether oxygens (including phenoxy) is 1. The van der Waals surface area contributed by atoms with Gasteiger partial charge < -0.3 is 19.1 Å². The molecule has 0 bridgehead atoms. The lowest BCUT2D eigenvalue weighted by atomic mass is 10.1. The third-order valence-corrected chi connectivity index (χ3v) is 6.55. The van der Waals surface area contributed by atoms with Crippen molar-refractivity contribution in [3.05, 3.63) is 84.2 Å². The Balaban J connectivity index is 1.71. The summed E-state index contributed by atoms with van der Waals surface area (Å²) in [5.74, 6) is 0.215. The number of nitrogens with zero attached hydrogens (tertiary/aromatic N) is 1. The minimum absolute atomic E-state index is 0.0413. The summed E-state index contributed by atoms with van der Waals surface area (Å²) >= 11 is 0. The van der Waals surface area contributed by atoms with Crippen molar-refractivity contribution in [3.8, 4) is 11.5 Å². The second-order valence-corrected chi connectivity index (χ2v) is 9.23. The van der Waals surface area contributed by atoms with Crippen molar-refractivity contribution in [2.24, 2.45) is 0 Å². The molecule has 0 fully saturated rings. The van der Waals surface area contributed by atoms with Gasteiger partial charge in [0.15, 0.2) is 0 Å². The zero-order chi connectivity index (χ0) is 24.7. The average Bonchev–Trinajstić information content (AvgIpc) is 2.83. The predicted molar refractivity (Wildman–Crippen MR) is 128 cm³/mol. The Bertz CT molecular complexity index is 1210. The van der Waals surface area contributed by atoms with Crippen molar-refractivity contribution >= 4 is 21.8 Å². The van der Waals surface area contributed by atoms with Crippen LogP contribution in [0.3, 0.4) is 0 Å². The molecule has 0 radical (unpaired) electrons. The Hall–Kier alpha value is -3.59. The van der Waals surface area contributed by atoms with Gasteiger partial charge in [-0.3, -0.25) is 0 Å². The number of urea groups is 1. The van der Waals surface area contributed by atoms with Crippen LogP contribution >= 0.6 is 0 Å². The number of methoxy groups -OCH3 is 1. The van der Waals surface area contributed by atoms with E-state index in [0.717, 1.165) is 36.2 Å². The average molecular weight is 487 g/mol. The van der Waals surface area contributed by atoms with Crippen LogP contribution in [0.15, 0.2) is 77.7 Å². The SMILES string of the molecule is CC[C@H](C)N(Cc1ccc(OS(=O)(=O)c2ccc(F)cc2)cc1)C(=O)Nc1cccc(OC)c1. The summed E-state index contributed by atoms with van der Waals surface area (Å²) in [5, 5.41) is 2.89. The Labute approximate surface area is 199 Å². The summed E-state index contributed by atoms with van der Waals surface area (Å²) in [4.78, 5) is 14.6. The Kier molecular flexibility index (Phi) is 8.12. The van der Waals surface area contributed by atoms with Gasteiger partial charge in [-0.2, -0.15) is 8.42 Å². The van der Waals surface area contributed by atoms with E-state index >= 15 is 0 Å². The highest BCUT2D eigenvalue weighted by atomic mass is 32.2. The first kappa shape index (κ1) is 25.0. The van der Waals surface area contributed by atoms with Gasteiger partial charge in [0, 0.05) is 24.3 Å². The van der Waals surface area contributed by atoms with Gasteiger partial charge in [-0.05, 0) is 67.4 Å². The molecule has 0 saturated carbocycles. The van der Waals surface area contributed by atoms with Crippen LogP contribution in [0, 0.1) is 5.82 Å². The predicted octanol–water partition coefficient (Wildman–Crippen LogP) is 5.43. The molecule has 34 heavy (non-hydrogen) atoms. The number of carbonyl (C=O) groups is 1. The number of hydrogen-bond donors (Lipinski definition) is 1. The Morgan fingerprint density at radius 3 is 2.32 bits per heavy atom. The third-order valence-electron chi connectivity index (χ3n) is 5.29. The van der Waals surface area contributed by atoms with E-state index in [0.29, 0.717) is 18.0 Å². The molecule has 0 spiro atoms. The summed E-state index contributed by atoms with van der Waals surface area (Å²) in [5.41, 5.74) is 1.42. The lowest BCUT2D eigenvalue weighted by Crippen LogP contribution is -2.40. The van der Waals surface area contributed by atoms with Gasteiger partial charge >= 0.3 is 16.1 Å². The maximum absolute atomic E-state index is 13.1. The molecule has 0 aliphatic heterocycles. The number of nitrogens with one attached hydrogen (secondary N) is 1. The third kappa shape index (κ3) is 6.48. The second kappa shape index (κ2) is 11.0. The monoisotopic (exact) mass is 486 g/mol. The quantitative estimate of drug-likeness (QED) is 0.408. The van der Waals surface area contributed by atoms with Gasteiger partial charge in [-0.25, -0.2) is 9.18 Å². The van der Waals surface area contributed by atoms with E-state index in [1.54, 1.807) is 48.4 Å². The summed E-state index contributed by atoms with van der Waals surface area (Å²) in [6, 6.07) is 17.6. The van der Waals surface area contributed by atoms with Crippen molar-refractivity contribution in [1.82, 2.24) is 4.90 Å². The van der Waals surface area contributed by atoms with E-state index in [2.05, 4.69) is 5.32 Å². The van der Waals surface area contributed by atoms with Crippen molar-refractivity contribution in [3.63, 3.8) is 0 Å². The van der Waals surface area contributed by atoms with E-state index in [1.807, 2.05) is 13.8 Å². The fraction of sp³-hybridized carbons (Fsp3) is 0.240. The molecule has 0 aliphatic rings. The van der Waals surface area contributed by atoms with Crippen molar-refractivity contribution in [2.45, 2.75) is 37.8 Å². The molecule has 2 amide bonds. The second-order valence-electron chi connectivity index (χ2n) is 7.68. The molecule has 0 saturated heterocycles. The summed E-state index contributed by atoms with van der Waals surface area (Å²) < 4.78 is 48.2. The molecule has 7 nitrogen and oxygen atoms in total. The lowest BCUT2D eigenvalue weighted by Gasteiger charge is -2.29. The van der Waals surface area contributed by atoms with Gasteiger partial charge in [0.2, 0.25) is 0 Å². The minimum Gasteiger partial charge on any atom is -0.497 e. The molecule has 1 atom stereocenters. The molecular weight excluding hydrogens is 459 g/mol. The summed E-state index contributed by atoms with van der Waals surface area (Å²) in [6.07, 6.45) is 0.753. The fourth-order valence-electron chi connectivity index (χ4n) is 3.17. The number of benzene rings is 3. The van der Waals surface area contributed by atoms with E-state index in [1.165, 1.54) is 12.1 Å². The van der Waals surface area contributed by atoms with Crippen LogP contribution in [0.5, 0.6) is 11.5 Å². The number of hydrogen-bond acceptors (Lipinski definition) is 5. The van der Waals surface area contributed by atoms with Gasteiger partial charge in [0.05, 0.1) is 7.11 Å². The van der Waals surface area contributed by atoms with E-state index < -0.39 is 15.9 Å². The van der Waals surface area contributed by atoms with Gasteiger partial charge in [0.25, 0.3) is 0 Å². The number of anilines is 1. The standard InChI is InChI=1S/C25H27FN2O5S/c1-4-18(2)28(25(29)27-21-6-5-7-23(16-21)32-3)17-19-8-12-22(13-9-19)33-34(30,31)24-14-10-20(26)11-15-24/h5-16,18H,4,17H2,1-3H3,(H,27,29)/t18-/m0/s1. The smallest absolute Gasteiger partial charge is 0.339 e. The molecule has 0 aromatic heterocycles. The molecule has 9 heteroatoms. The summed E-state index contributed by atoms with van der Waals surface area (Å²) in [6.45, 7) is 4.27. The van der Waals surface area contributed by atoms with Gasteiger partial charge in [-0.1, -0.05) is 25.1 Å². The maximum Gasteiger partial charge on any atom is 0.339 e. The van der Waals surface area contributed by atoms with E-state index in [9.17, 15) is 17.6 Å². The zero-order valence-electron chi connectivity index (χ0n) is 19.2. The van der Waals surface area contributed by atoms with Gasteiger partial charge in [-0.15, -0.1) is 0 Å². The molecule has 3 aromatic carbocycles. The first-order valence-corrected chi connectivity index (χ1v) is 12.1. The number of amides is 2. The summed E-state index contributed by atoms with van der Waals surface area (Å²) in [7, 11) is -2.53. The van der Waals surface area contributed by atoms with E-state index in [-0.39, 0.29) is 22.7 Å². The maximum atomic E-state index is 13.1. The normalized spacial score (nSPS) is 12.0. The molecule has 180 valence electrons. The fourth-order valence-corrected chi connectivity index (χ4v) is 4.10. The highest BCUT2D eigenvalue weighted by molar-refractivity contribution is 7.87. The first-order chi connectivity index (χ1) is 16.2. The van der Waals surface area contributed by atoms with E-state index in [4.69, 9.17) is 8.92 Å². The number of halogens is 1.